The van der Waals surface area contributed by atoms with E-state index in [-0.39, 0.29) is 23.0 Å². The van der Waals surface area contributed by atoms with Gasteiger partial charge in [-0.05, 0) is 84.0 Å². The Hall–Kier alpha value is -2.86. The molecule has 4 unspecified atom stereocenters. The Kier molecular flexibility index (Phi) is 8.47. The Balaban J connectivity index is 1.10. The van der Waals surface area contributed by atoms with Gasteiger partial charge in [0.1, 0.15) is 36.9 Å². The lowest BCUT2D eigenvalue weighted by Crippen LogP contribution is -2.36. The average molecular weight is 597 g/mol. The summed E-state index contributed by atoms with van der Waals surface area (Å²) < 4.78 is 28.0. The molecule has 3 aromatic rings. The van der Waals surface area contributed by atoms with Crippen LogP contribution in [0.2, 0.25) is 0 Å². The first-order valence-electron chi connectivity index (χ1n) is 16.8. The summed E-state index contributed by atoms with van der Waals surface area (Å²) in [6.07, 6.45) is 8.78. The third-order valence-electron chi connectivity index (χ3n) is 10.9. The molecule has 5 nitrogen and oxygen atoms in total. The fourth-order valence-corrected chi connectivity index (χ4v) is 7.29. The Bertz CT molecular complexity index is 1360. The fourth-order valence-electron chi connectivity index (χ4n) is 7.29. The van der Waals surface area contributed by atoms with E-state index in [0.29, 0.717) is 25.2 Å². The van der Waals surface area contributed by atoms with Crippen molar-refractivity contribution in [2.45, 2.75) is 88.4 Å². The maximum atomic E-state index is 5.99. The van der Waals surface area contributed by atoms with Crippen LogP contribution in [0.5, 0.6) is 11.5 Å². The van der Waals surface area contributed by atoms with Crippen LogP contribution in [0.25, 0.3) is 0 Å². The lowest BCUT2D eigenvalue weighted by Gasteiger charge is -2.43. The Labute approximate surface area is 263 Å². The molecule has 44 heavy (non-hydrogen) atoms. The average Bonchev–Trinajstić information content (AvgIpc) is 3.91. The Morgan fingerprint density at radius 3 is 1.41 bits per heavy atom. The van der Waals surface area contributed by atoms with E-state index in [4.69, 9.17) is 23.7 Å². The quantitative estimate of drug-likeness (QED) is 0.177. The number of rotatable bonds is 14. The van der Waals surface area contributed by atoms with Crippen molar-refractivity contribution in [3.8, 4) is 11.5 Å². The number of hydrogen-bond donors (Lipinski definition) is 0. The first kappa shape index (κ1) is 29.8. The molecular weight excluding hydrogens is 548 g/mol. The maximum Gasteiger partial charge on any atom is 0.119 e. The fraction of sp³-hybridized carbons (Fsp3) is 0.538. The molecule has 3 aromatic carbocycles. The number of benzene rings is 3. The van der Waals surface area contributed by atoms with Gasteiger partial charge in [-0.15, -0.1) is 0 Å². The van der Waals surface area contributed by atoms with E-state index in [2.05, 4.69) is 93.6 Å². The van der Waals surface area contributed by atoms with Gasteiger partial charge in [-0.1, -0.05) is 82.1 Å². The Morgan fingerprint density at radius 1 is 0.545 bits per heavy atom. The zero-order valence-electron chi connectivity index (χ0n) is 26.6. The van der Waals surface area contributed by atoms with Crippen molar-refractivity contribution in [1.82, 2.24) is 0 Å². The van der Waals surface area contributed by atoms with Gasteiger partial charge in [-0.2, -0.15) is 0 Å². The number of hydrogen-bond acceptors (Lipinski definition) is 5. The molecule has 4 fully saturated rings. The molecular formula is C39H48O5. The summed E-state index contributed by atoms with van der Waals surface area (Å²) >= 11 is 0. The smallest absolute Gasteiger partial charge is 0.119 e. The van der Waals surface area contributed by atoms with Crippen LogP contribution in [0.1, 0.15) is 81.5 Å². The molecule has 3 saturated heterocycles. The molecule has 1 aliphatic carbocycles. The second-order valence-electron chi connectivity index (χ2n) is 14.2. The highest BCUT2D eigenvalue weighted by atomic mass is 16.6. The van der Waals surface area contributed by atoms with Gasteiger partial charge in [-0.25, -0.2) is 0 Å². The molecule has 0 bridgehead atoms. The zero-order valence-corrected chi connectivity index (χ0v) is 26.6. The Morgan fingerprint density at radius 2 is 0.955 bits per heavy atom. The molecule has 5 heteroatoms. The molecule has 7 rings (SSSR count). The van der Waals surface area contributed by atoms with Crippen LogP contribution in [-0.4, -0.2) is 51.3 Å². The predicted molar refractivity (Wildman–Crippen MR) is 173 cm³/mol. The van der Waals surface area contributed by atoms with Gasteiger partial charge in [0.05, 0.1) is 25.9 Å². The lowest BCUT2D eigenvalue weighted by molar-refractivity contribution is 0.196. The SMILES string of the molecule is CC(C)(c1ccc(OCC2CO2)cc1)c1ccc(C(C)(c2ccc(OCC3CO3)cc2)C2CCC(CCC3CO3)CC2)cc1. The van der Waals surface area contributed by atoms with Crippen molar-refractivity contribution >= 4 is 0 Å². The normalized spacial score (nSPS) is 27.3. The third kappa shape index (κ3) is 6.85. The maximum absolute atomic E-state index is 5.99. The monoisotopic (exact) mass is 596 g/mol. The molecule has 234 valence electrons. The molecule has 0 radical (unpaired) electrons. The molecule has 3 aliphatic heterocycles. The van der Waals surface area contributed by atoms with Crippen LogP contribution in [0, 0.1) is 11.8 Å². The summed E-state index contributed by atoms with van der Waals surface area (Å²) in [5.41, 5.74) is 5.18. The van der Waals surface area contributed by atoms with Crippen molar-refractivity contribution in [3.05, 3.63) is 95.1 Å². The minimum atomic E-state index is -0.124. The molecule has 0 spiro atoms. The summed E-state index contributed by atoms with van der Waals surface area (Å²) in [5.74, 6) is 3.25. The van der Waals surface area contributed by atoms with Gasteiger partial charge in [0.2, 0.25) is 0 Å². The summed E-state index contributed by atoms with van der Waals surface area (Å²) in [7, 11) is 0. The van der Waals surface area contributed by atoms with Gasteiger partial charge < -0.3 is 23.7 Å². The lowest BCUT2D eigenvalue weighted by atomic mass is 9.61. The first-order chi connectivity index (χ1) is 21.4. The van der Waals surface area contributed by atoms with Crippen LogP contribution in [0.4, 0.5) is 0 Å². The van der Waals surface area contributed by atoms with Gasteiger partial charge in [0.25, 0.3) is 0 Å². The van der Waals surface area contributed by atoms with Crippen molar-refractivity contribution in [1.29, 1.82) is 0 Å². The van der Waals surface area contributed by atoms with Gasteiger partial charge in [-0.3, -0.25) is 0 Å². The van der Waals surface area contributed by atoms with E-state index in [1.165, 1.54) is 60.8 Å². The number of epoxide rings is 3. The van der Waals surface area contributed by atoms with Gasteiger partial charge >= 0.3 is 0 Å². The summed E-state index contributed by atoms with van der Waals surface area (Å²) in [6, 6.07) is 27.0. The summed E-state index contributed by atoms with van der Waals surface area (Å²) in [5, 5.41) is 0. The minimum Gasteiger partial charge on any atom is -0.491 e. The van der Waals surface area contributed by atoms with Crippen molar-refractivity contribution < 1.29 is 23.7 Å². The third-order valence-corrected chi connectivity index (χ3v) is 10.9. The van der Waals surface area contributed by atoms with Crippen LogP contribution in [0.15, 0.2) is 72.8 Å². The van der Waals surface area contributed by atoms with E-state index >= 15 is 0 Å². The first-order valence-corrected chi connectivity index (χ1v) is 16.8. The van der Waals surface area contributed by atoms with Crippen LogP contribution >= 0.6 is 0 Å². The van der Waals surface area contributed by atoms with E-state index in [1.807, 2.05) is 0 Å². The van der Waals surface area contributed by atoms with Gasteiger partial charge in [0, 0.05) is 10.8 Å². The molecule has 4 atom stereocenters. The van der Waals surface area contributed by atoms with E-state index in [9.17, 15) is 0 Å². The highest BCUT2D eigenvalue weighted by Crippen LogP contribution is 2.48. The second-order valence-corrected chi connectivity index (χ2v) is 14.2. The predicted octanol–water partition coefficient (Wildman–Crippen LogP) is 7.86. The highest BCUT2D eigenvalue weighted by molar-refractivity contribution is 5.46. The van der Waals surface area contributed by atoms with E-state index < -0.39 is 0 Å². The highest BCUT2D eigenvalue weighted by Gasteiger charge is 2.40. The molecule has 4 aliphatic rings. The standard InChI is InChI=1S/C39H48O5/c1-38(2,29-13-18-33(19-14-29)40-23-36-25-43-36)28-9-11-31(12-10-28)39(3,30-7-4-27(5-8-30)6-17-35-22-42-35)32-15-20-34(21-16-32)41-24-37-26-44-37/h9-16,18-21,27,30,35-37H,4-8,17,22-26H2,1-3H3. The summed E-state index contributed by atoms with van der Waals surface area (Å²) in [4.78, 5) is 0. The van der Waals surface area contributed by atoms with Crippen LogP contribution in [0.3, 0.4) is 0 Å². The molecule has 0 aromatic heterocycles. The molecule has 0 amide bonds. The molecule has 1 saturated carbocycles. The van der Waals surface area contributed by atoms with Crippen molar-refractivity contribution in [2.24, 2.45) is 11.8 Å². The topological polar surface area (TPSA) is 56.0 Å². The van der Waals surface area contributed by atoms with E-state index in [1.54, 1.807) is 0 Å². The van der Waals surface area contributed by atoms with E-state index in [0.717, 1.165) is 37.2 Å². The molecule has 3 heterocycles. The second kappa shape index (κ2) is 12.5. The molecule has 0 N–H and O–H groups in total. The zero-order chi connectivity index (χ0) is 30.1. The van der Waals surface area contributed by atoms with Crippen LogP contribution in [-0.2, 0) is 25.0 Å². The van der Waals surface area contributed by atoms with Crippen molar-refractivity contribution in [3.63, 3.8) is 0 Å². The largest absolute Gasteiger partial charge is 0.491 e. The number of ether oxygens (including phenoxy) is 5. The minimum absolute atomic E-state index is 0.0738. The van der Waals surface area contributed by atoms with Crippen LogP contribution < -0.4 is 9.47 Å². The summed E-state index contributed by atoms with van der Waals surface area (Å²) in [6.45, 7) is 11.0. The van der Waals surface area contributed by atoms with Gasteiger partial charge in [0.15, 0.2) is 0 Å². The van der Waals surface area contributed by atoms with Crippen molar-refractivity contribution in [2.75, 3.05) is 33.0 Å².